The molecule has 0 saturated heterocycles. The van der Waals surface area contributed by atoms with Crippen LogP contribution in [0, 0.1) is 6.92 Å². The number of rotatable bonds is 13. The molecular weight excluding hydrogens is 574 g/mol. The summed E-state index contributed by atoms with van der Waals surface area (Å²) in [5.74, 6) is 3.02. The number of para-hydroxylation sites is 1. The van der Waals surface area contributed by atoms with Crippen LogP contribution >= 0.6 is 0 Å². The summed E-state index contributed by atoms with van der Waals surface area (Å²) >= 11 is 0. The average Bonchev–Trinajstić information content (AvgIpc) is 3.72. The van der Waals surface area contributed by atoms with Crippen molar-refractivity contribution >= 4 is 11.5 Å². The van der Waals surface area contributed by atoms with Crippen molar-refractivity contribution in [1.82, 2.24) is 9.97 Å². The monoisotopic (exact) mass is 611 g/mol. The first-order chi connectivity index (χ1) is 22.4. The van der Waals surface area contributed by atoms with Crippen LogP contribution in [0.15, 0.2) is 124 Å². The van der Waals surface area contributed by atoms with Crippen molar-refractivity contribution in [2.45, 2.75) is 45.6 Å². The Labute approximate surface area is 269 Å². The molecule has 2 aromatic heterocycles. The van der Waals surface area contributed by atoms with Gasteiger partial charge < -0.3 is 18.9 Å². The molecule has 2 heterocycles. The normalized spacial score (nSPS) is 11.8. The van der Waals surface area contributed by atoms with E-state index in [0.29, 0.717) is 42.4 Å². The number of aromatic nitrogens is 2. The van der Waals surface area contributed by atoms with E-state index in [1.54, 1.807) is 6.26 Å². The maximum atomic E-state index is 13.5. The number of ether oxygens (including phenoxy) is 1. The van der Waals surface area contributed by atoms with Gasteiger partial charge in [-0.05, 0) is 54.8 Å². The van der Waals surface area contributed by atoms with Gasteiger partial charge in [0.2, 0.25) is 5.89 Å². The summed E-state index contributed by atoms with van der Waals surface area (Å²) in [6, 6.07) is 34.6. The second-order valence-electron chi connectivity index (χ2n) is 11.5. The fraction of sp³-hybridized carbons (Fsp3) is 0.205. The standard InChI is InChI=1S/C39H37N3O4/c1-26(2)36-25-45-37(41-36)24-35(40-34-17-11-10-16-32(34)38(43)29-12-6-4-7-13-29)28-18-20-31(21-19-28)44-23-22-33-27(3)46-39(42-33)30-14-8-5-9-15-30/h4-21,25-26,35,40H,22-24H2,1-3H3/t35-/m0/s1. The number of carbonyl (C=O) groups is 1. The summed E-state index contributed by atoms with van der Waals surface area (Å²) in [5, 5.41) is 3.63. The number of nitrogens with one attached hydrogen (secondary N) is 1. The van der Waals surface area contributed by atoms with Gasteiger partial charge in [-0.1, -0.05) is 86.6 Å². The Morgan fingerprint density at radius 2 is 1.54 bits per heavy atom. The molecule has 232 valence electrons. The van der Waals surface area contributed by atoms with E-state index in [9.17, 15) is 4.79 Å². The van der Waals surface area contributed by atoms with Crippen molar-refractivity contribution in [3.8, 4) is 17.2 Å². The van der Waals surface area contributed by atoms with Crippen LogP contribution in [-0.4, -0.2) is 22.4 Å². The number of oxazole rings is 2. The summed E-state index contributed by atoms with van der Waals surface area (Å²) in [7, 11) is 0. The van der Waals surface area contributed by atoms with Crippen LogP contribution in [0.5, 0.6) is 5.75 Å². The second-order valence-corrected chi connectivity index (χ2v) is 11.5. The van der Waals surface area contributed by atoms with Crippen molar-refractivity contribution in [3.05, 3.63) is 155 Å². The molecular formula is C39H37N3O4. The molecule has 6 aromatic rings. The summed E-state index contributed by atoms with van der Waals surface area (Å²) in [4.78, 5) is 22.9. The van der Waals surface area contributed by atoms with E-state index < -0.39 is 0 Å². The molecule has 1 N–H and O–H groups in total. The van der Waals surface area contributed by atoms with Gasteiger partial charge in [0.05, 0.1) is 24.0 Å². The van der Waals surface area contributed by atoms with Crippen LogP contribution < -0.4 is 10.1 Å². The van der Waals surface area contributed by atoms with Crippen LogP contribution in [-0.2, 0) is 12.8 Å². The highest BCUT2D eigenvalue weighted by Gasteiger charge is 2.21. The van der Waals surface area contributed by atoms with Crippen LogP contribution in [0.4, 0.5) is 5.69 Å². The maximum absolute atomic E-state index is 13.5. The van der Waals surface area contributed by atoms with Crippen molar-refractivity contribution in [2.75, 3.05) is 11.9 Å². The lowest BCUT2D eigenvalue weighted by atomic mass is 9.99. The Bertz CT molecular complexity index is 1880. The van der Waals surface area contributed by atoms with E-state index in [0.717, 1.165) is 39.7 Å². The third-order valence-electron chi connectivity index (χ3n) is 7.88. The Hall–Kier alpha value is -5.43. The molecule has 0 radical (unpaired) electrons. The molecule has 1 atom stereocenters. The molecule has 7 nitrogen and oxygen atoms in total. The zero-order valence-corrected chi connectivity index (χ0v) is 26.3. The molecule has 0 saturated carbocycles. The first-order valence-electron chi connectivity index (χ1n) is 15.6. The average molecular weight is 612 g/mol. The van der Waals surface area contributed by atoms with Crippen molar-refractivity contribution in [3.63, 3.8) is 0 Å². The van der Waals surface area contributed by atoms with Gasteiger partial charge in [-0.3, -0.25) is 4.79 Å². The predicted octanol–water partition coefficient (Wildman–Crippen LogP) is 9.01. The molecule has 0 fully saturated rings. The molecule has 0 unspecified atom stereocenters. The quantitative estimate of drug-likeness (QED) is 0.130. The van der Waals surface area contributed by atoms with E-state index in [4.69, 9.17) is 18.6 Å². The van der Waals surface area contributed by atoms with Gasteiger partial charge in [0, 0.05) is 35.2 Å². The Morgan fingerprint density at radius 1 is 0.848 bits per heavy atom. The van der Waals surface area contributed by atoms with E-state index in [2.05, 4.69) is 24.1 Å². The highest BCUT2D eigenvalue weighted by molar-refractivity contribution is 6.12. The minimum Gasteiger partial charge on any atom is -0.493 e. The molecule has 0 spiro atoms. The molecule has 46 heavy (non-hydrogen) atoms. The van der Waals surface area contributed by atoms with E-state index >= 15 is 0 Å². The number of aryl methyl sites for hydroxylation is 1. The third kappa shape index (κ3) is 7.26. The second kappa shape index (κ2) is 14.1. The van der Waals surface area contributed by atoms with Crippen LogP contribution in [0.1, 0.15) is 70.3 Å². The van der Waals surface area contributed by atoms with Crippen molar-refractivity contribution in [1.29, 1.82) is 0 Å². The van der Waals surface area contributed by atoms with Crippen molar-refractivity contribution < 1.29 is 18.4 Å². The van der Waals surface area contributed by atoms with E-state index in [1.165, 1.54) is 0 Å². The van der Waals surface area contributed by atoms with Crippen LogP contribution in [0.25, 0.3) is 11.5 Å². The maximum Gasteiger partial charge on any atom is 0.226 e. The number of hydrogen-bond acceptors (Lipinski definition) is 7. The Morgan fingerprint density at radius 3 is 2.26 bits per heavy atom. The number of anilines is 1. The molecule has 0 aliphatic rings. The number of carbonyl (C=O) groups excluding carboxylic acids is 1. The molecule has 0 amide bonds. The Kier molecular flexibility index (Phi) is 9.39. The molecule has 0 aliphatic heterocycles. The molecule has 7 heteroatoms. The highest BCUT2D eigenvalue weighted by atomic mass is 16.5. The first-order valence-corrected chi connectivity index (χ1v) is 15.6. The van der Waals surface area contributed by atoms with Gasteiger partial charge in [-0.2, -0.15) is 0 Å². The number of hydrogen-bond donors (Lipinski definition) is 1. The summed E-state index contributed by atoms with van der Waals surface area (Å²) in [5.41, 5.74) is 5.75. The zero-order valence-electron chi connectivity index (χ0n) is 26.3. The molecule has 4 aromatic carbocycles. The SMILES string of the molecule is Cc1oc(-c2ccccc2)nc1CCOc1ccc([C@H](Cc2nc(C(C)C)co2)Nc2ccccc2C(=O)c2ccccc2)cc1. The van der Waals surface area contributed by atoms with Crippen molar-refractivity contribution in [2.24, 2.45) is 0 Å². The molecule has 0 aliphatic carbocycles. The van der Waals surface area contributed by atoms with Gasteiger partial charge in [0.15, 0.2) is 11.7 Å². The lowest BCUT2D eigenvalue weighted by Crippen LogP contribution is -2.16. The largest absolute Gasteiger partial charge is 0.493 e. The minimum absolute atomic E-state index is 0.0392. The van der Waals surface area contributed by atoms with E-state index in [-0.39, 0.29) is 17.7 Å². The zero-order chi connectivity index (χ0) is 31.9. The third-order valence-corrected chi connectivity index (χ3v) is 7.88. The summed E-state index contributed by atoms with van der Waals surface area (Å²) in [6.45, 7) is 6.58. The van der Waals surface area contributed by atoms with Gasteiger partial charge >= 0.3 is 0 Å². The van der Waals surface area contributed by atoms with Crippen LogP contribution in [0.2, 0.25) is 0 Å². The van der Waals surface area contributed by atoms with Gasteiger partial charge in [0.1, 0.15) is 17.8 Å². The fourth-order valence-corrected chi connectivity index (χ4v) is 5.28. The van der Waals surface area contributed by atoms with Gasteiger partial charge in [0.25, 0.3) is 0 Å². The Balaban J connectivity index is 1.18. The number of ketones is 1. The molecule has 6 rings (SSSR count). The predicted molar refractivity (Wildman–Crippen MR) is 179 cm³/mol. The lowest BCUT2D eigenvalue weighted by Gasteiger charge is -2.21. The van der Waals surface area contributed by atoms with Crippen LogP contribution in [0.3, 0.4) is 0 Å². The topological polar surface area (TPSA) is 90.4 Å². The lowest BCUT2D eigenvalue weighted by molar-refractivity contribution is 0.103. The van der Waals surface area contributed by atoms with E-state index in [1.807, 2.05) is 116 Å². The highest BCUT2D eigenvalue weighted by Crippen LogP contribution is 2.29. The van der Waals surface area contributed by atoms with Gasteiger partial charge in [-0.25, -0.2) is 9.97 Å². The number of benzene rings is 4. The smallest absolute Gasteiger partial charge is 0.226 e. The minimum atomic E-state index is -0.216. The first kappa shape index (κ1) is 30.6. The summed E-state index contributed by atoms with van der Waals surface area (Å²) in [6.07, 6.45) is 2.85. The molecule has 0 bridgehead atoms. The number of nitrogens with zero attached hydrogens (tertiary/aromatic N) is 2. The fourth-order valence-electron chi connectivity index (χ4n) is 5.28. The van der Waals surface area contributed by atoms with Gasteiger partial charge in [-0.15, -0.1) is 0 Å². The summed E-state index contributed by atoms with van der Waals surface area (Å²) < 4.78 is 17.9.